The molecule has 0 spiro atoms. The van der Waals surface area contributed by atoms with E-state index in [0.29, 0.717) is 22.5 Å². The molecule has 0 radical (unpaired) electrons. The average molecular weight is 335 g/mol. The molecule has 1 aliphatic carbocycles. The van der Waals surface area contributed by atoms with Crippen LogP contribution in [0.25, 0.3) is 0 Å². The number of benzene rings is 1. The molecule has 0 aliphatic heterocycles. The zero-order chi connectivity index (χ0) is 13.1. The van der Waals surface area contributed by atoms with Crippen molar-refractivity contribution in [2.45, 2.75) is 24.6 Å². The van der Waals surface area contributed by atoms with Crippen LogP contribution in [-0.4, -0.2) is 17.8 Å². The van der Waals surface area contributed by atoms with E-state index in [1.165, 1.54) is 18.2 Å². The summed E-state index contributed by atoms with van der Waals surface area (Å²) in [5, 5.41) is 3.01. The molecule has 5 heteroatoms. The van der Waals surface area contributed by atoms with Gasteiger partial charge in [-0.15, -0.1) is 11.6 Å². The summed E-state index contributed by atoms with van der Waals surface area (Å²) in [4.78, 5) is 11.9. The SMILES string of the molecule is O=C(NCC1CCCC1Cl)c1ccc(F)c(Br)c1. The van der Waals surface area contributed by atoms with Crippen LogP contribution in [0, 0.1) is 11.7 Å². The molecule has 1 aromatic carbocycles. The molecule has 2 unspecified atom stereocenters. The number of halogens is 3. The van der Waals surface area contributed by atoms with Crippen LogP contribution in [0.4, 0.5) is 4.39 Å². The first-order valence-corrected chi connectivity index (χ1v) is 7.18. The fourth-order valence-electron chi connectivity index (χ4n) is 2.18. The molecule has 1 aromatic rings. The molecule has 1 N–H and O–H groups in total. The summed E-state index contributed by atoms with van der Waals surface area (Å²) in [6.07, 6.45) is 3.20. The molecule has 1 fully saturated rings. The lowest BCUT2D eigenvalue weighted by Crippen LogP contribution is -2.31. The molecule has 2 rings (SSSR count). The van der Waals surface area contributed by atoms with Crippen molar-refractivity contribution in [3.05, 3.63) is 34.1 Å². The van der Waals surface area contributed by atoms with E-state index in [-0.39, 0.29) is 17.1 Å². The average Bonchev–Trinajstić information content (AvgIpc) is 2.75. The molecule has 0 bridgehead atoms. The molecule has 0 saturated heterocycles. The van der Waals surface area contributed by atoms with Gasteiger partial charge in [0, 0.05) is 17.5 Å². The first kappa shape index (κ1) is 13.8. The first-order valence-electron chi connectivity index (χ1n) is 5.95. The standard InChI is InChI=1S/C13H14BrClFNO/c14-10-6-8(4-5-12(10)16)13(18)17-7-9-2-1-3-11(9)15/h4-6,9,11H,1-3,7H2,(H,17,18). The summed E-state index contributed by atoms with van der Waals surface area (Å²) in [5.74, 6) is -0.214. The zero-order valence-electron chi connectivity index (χ0n) is 9.76. The minimum absolute atomic E-state index is 0.158. The van der Waals surface area contributed by atoms with E-state index in [0.717, 1.165) is 19.3 Å². The molecule has 2 atom stereocenters. The second-order valence-corrected chi connectivity index (χ2v) is 5.96. The second-order valence-electron chi connectivity index (χ2n) is 4.55. The topological polar surface area (TPSA) is 29.1 Å². The number of carbonyl (C=O) groups is 1. The number of carbonyl (C=O) groups excluding carboxylic acids is 1. The maximum absolute atomic E-state index is 13.0. The fourth-order valence-corrected chi connectivity index (χ4v) is 2.93. The Morgan fingerprint density at radius 1 is 1.50 bits per heavy atom. The largest absolute Gasteiger partial charge is 0.352 e. The number of rotatable bonds is 3. The molecule has 1 aliphatic rings. The highest BCUT2D eigenvalue weighted by atomic mass is 79.9. The third-order valence-corrected chi connectivity index (χ3v) is 4.46. The molecule has 0 heterocycles. The zero-order valence-corrected chi connectivity index (χ0v) is 12.1. The van der Waals surface area contributed by atoms with Crippen LogP contribution in [0.5, 0.6) is 0 Å². The Morgan fingerprint density at radius 3 is 2.89 bits per heavy atom. The summed E-state index contributed by atoms with van der Waals surface area (Å²) < 4.78 is 13.3. The number of amides is 1. The number of hydrogen-bond donors (Lipinski definition) is 1. The number of nitrogens with one attached hydrogen (secondary N) is 1. The minimum atomic E-state index is -0.372. The Kier molecular flexibility index (Phi) is 4.62. The van der Waals surface area contributed by atoms with Crippen molar-refractivity contribution in [1.29, 1.82) is 0 Å². The van der Waals surface area contributed by atoms with Crippen LogP contribution in [0.1, 0.15) is 29.6 Å². The summed E-state index contributed by atoms with van der Waals surface area (Å²) >= 11 is 9.21. The Labute approximate surface area is 119 Å². The van der Waals surface area contributed by atoms with Gasteiger partial charge in [0.05, 0.1) is 4.47 Å². The van der Waals surface area contributed by atoms with Gasteiger partial charge in [-0.3, -0.25) is 4.79 Å². The smallest absolute Gasteiger partial charge is 0.251 e. The van der Waals surface area contributed by atoms with Crippen LogP contribution < -0.4 is 5.32 Å². The van der Waals surface area contributed by atoms with Crippen molar-refractivity contribution in [3.63, 3.8) is 0 Å². The van der Waals surface area contributed by atoms with E-state index >= 15 is 0 Å². The van der Waals surface area contributed by atoms with Gasteiger partial charge in [-0.1, -0.05) is 6.42 Å². The summed E-state index contributed by atoms with van der Waals surface area (Å²) in [6, 6.07) is 4.23. The second kappa shape index (κ2) is 6.02. The maximum Gasteiger partial charge on any atom is 0.251 e. The van der Waals surface area contributed by atoms with Crippen LogP contribution in [-0.2, 0) is 0 Å². The Morgan fingerprint density at radius 2 is 2.28 bits per heavy atom. The van der Waals surface area contributed by atoms with Gasteiger partial charge in [-0.05, 0) is 52.9 Å². The summed E-state index contributed by atoms with van der Waals surface area (Å²) in [7, 11) is 0. The first-order chi connectivity index (χ1) is 8.58. The van der Waals surface area contributed by atoms with Gasteiger partial charge >= 0.3 is 0 Å². The van der Waals surface area contributed by atoms with E-state index in [4.69, 9.17) is 11.6 Å². The Balaban J connectivity index is 1.93. The summed E-state index contributed by atoms with van der Waals surface area (Å²) in [5.41, 5.74) is 0.451. The third kappa shape index (κ3) is 3.23. The lowest BCUT2D eigenvalue weighted by atomic mass is 10.1. The van der Waals surface area contributed by atoms with E-state index < -0.39 is 0 Å². The monoisotopic (exact) mass is 333 g/mol. The highest BCUT2D eigenvalue weighted by Gasteiger charge is 2.25. The van der Waals surface area contributed by atoms with E-state index in [2.05, 4.69) is 21.2 Å². The molecular weight excluding hydrogens is 321 g/mol. The highest BCUT2D eigenvalue weighted by molar-refractivity contribution is 9.10. The van der Waals surface area contributed by atoms with Crippen LogP contribution in [0.15, 0.2) is 22.7 Å². The van der Waals surface area contributed by atoms with Crippen molar-refractivity contribution in [2.75, 3.05) is 6.54 Å². The maximum atomic E-state index is 13.0. The van der Waals surface area contributed by atoms with E-state index in [9.17, 15) is 9.18 Å². The van der Waals surface area contributed by atoms with Gasteiger partial charge in [0.1, 0.15) is 5.82 Å². The van der Waals surface area contributed by atoms with Gasteiger partial charge < -0.3 is 5.32 Å². The van der Waals surface area contributed by atoms with Crippen molar-refractivity contribution in [3.8, 4) is 0 Å². The van der Waals surface area contributed by atoms with Crippen LogP contribution in [0.2, 0.25) is 0 Å². The molecule has 0 aromatic heterocycles. The molecule has 1 amide bonds. The van der Waals surface area contributed by atoms with Crippen molar-refractivity contribution < 1.29 is 9.18 Å². The predicted octanol–water partition coefficient (Wildman–Crippen LogP) is 3.73. The summed E-state index contributed by atoms with van der Waals surface area (Å²) in [6.45, 7) is 0.585. The Bertz CT molecular complexity index is 455. The van der Waals surface area contributed by atoms with Crippen LogP contribution >= 0.6 is 27.5 Å². The van der Waals surface area contributed by atoms with Crippen molar-refractivity contribution >= 4 is 33.4 Å². The van der Waals surface area contributed by atoms with Crippen LogP contribution in [0.3, 0.4) is 0 Å². The quantitative estimate of drug-likeness (QED) is 0.839. The Hall–Kier alpha value is -0.610. The molecule has 98 valence electrons. The number of alkyl halides is 1. The van der Waals surface area contributed by atoms with Gasteiger partial charge in [0.25, 0.3) is 5.91 Å². The van der Waals surface area contributed by atoms with Gasteiger partial charge in [-0.25, -0.2) is 4.39 Å². The molecular formula is C13H14BrClFNO. The lowest BCUT2D eigenvalue weighted by Gasteiger charge is -2.14. The van der Waals surface area contributed by atoms with E-state index in [1.54, 1.807) is 0 Å². The van der Waals surface area contributed by atoms with Gasteiger partial charge in [0.15, 0.2) is 0 Å². The van der Waals surface area contributed by atoms with Crippen molar-refractivity contribution in [1.82, 2.24) is 5.32 Å². The minimum Gasteiger partial charge on any atom is -0.352 e. The fraction of sp³-hybridized carbons (Fsp3) is 0.462. The lowest BCUT2D eigenvalue weighted by molar-refractivity contribution is 0.0947. The van der Waals surface area contributed by atoms with Gasteiger partial charge in [0.2, 0.25) is 0 Å². The van der Waals surface area contributed by atoms with Crippen molar-refractivity contribution in [2.24, 2.45) is 5.92 Å². The van der Waals surface area contributed by atoms with E-state index in [1.807, 2.05) is 0 Å². The highest BCUT2D eigenvalue weighted by Crippen LogP contribution is 2.29. The number of hydrogen-bond acceptors (Lipinski definition) is 1. The van der Waals surface area contributed by atoms with Gasteiger partial charge in [-0.2, -0.15) is 0 Å². The molecule has 18 heavy (non-hydrogen) atoms. The molecule has 2 nitrogen and oxygen atoms in total. The molecule has 1 saturated carbocycles. The predicted molar refractivity (Wildman–Crippen MR) is 73.4 cm³/mol. The normalized spacial score (nSPS) is 23.1. The third-order valence-electron chi connectivity index (χ3n) is 3.27.